The Labute approximate surface area is 123 Å². The van der Waals surface area contributed by atoms with Crippen LogP contribution in [0.2, 0.25) is 0 Å². The topological polar surface area (TPSA) is 67.2 Å². The van der Waals surface area contributed by atoms with Crippen molar-refractivity contribution < 1.29 is 9.21 Å². The molecule has 5 nitrogen and oxygen atoms in total. The van der Waals surface area contributed by atoms with E-state index in [9.17, 15) is 4.79 Å². The van der Waals surface area contributed by atoms with Crippen molar-refractivity contribution in [3.63, 3.8) is 0 Å². The van der Waals surface area contributed by atoms with Gasteiger partial charge in [0, 0.05) is 36.1 Å². The minimum Gasteiger partial charge on any atom is -0.472 e. The summed E-state index contributed by atoms with van der Waals surface area (Å²) in [4.78, 5) is 16.0. The van der Waals surface area contributed by atoms with Gasteiger partial charge in [-0.1, -0.05) is 12.8 Å². The fourth-order valence-electron chi connectivity index (χ4n) is 2.66. The molecule has 5 heteroatoms. The quantitative estimate of drug-likeness (QED) is 0.907. The predicted octanol–water partition coefficient (Wildman–Crippen LogP) is 3.08. The van der Waals surface area contributed by atoms with Crippen molar-refractivity contribution in [2.45, 2.75) is 38.3 Å². The molecule has 0 bridgehead atoms. The molecule has 2 aromatic heterocycles. The zero-order valence-corrected chi connectivity index (χ0v) is 11.8. The number of amides is 2. The molecule has 21 heavy (non-hydrogen) atoms. The van der Waals surface area contributed by atoms with Crippen LogP contribution in [0, 0.1) is 0 Å². The Hall–Kier alpha value is -2.30. The Kier molecular flexibility index (Phi) is 4.19. The maximum absolute atomic E-state index is 11.8. The highest BCUT2D eigenvalue weighted by Crippen LogP contribution is 2.19. The van der Waals surface area contributed by atoms with Gasteiger partial charge in [0.15, 0.2) is 0 Å². The molecule has 0 aliphatic heterocycles. The lowest BCUT2D eigenvalue weighted by atomic mass is 10.1. The molecule has 1 saturated carbocycles. The maximum atomic E-state index is 11.8. The van der Waals surface area contributed by atoms with E-state index in [2.05, 4.69) is 15.6 Å². The molecule has 0 radical (unpaired) electrons. The summed E-state index contributed by atoms with van der Waals surface area (Å²) < 4.78 is 5.07. The van der Waals surface area contributed by atoms with Gasteiger partial charge in [0.1, 0.15) is 0 Å². The lowest BCUT2D eigenvalue weighted by Gasteiger charge is -2.13. The van der Waals surface area contributed by atoms with Crippen molar-refractivity contribution >= 4 is 6.03 Å². The van der Waals surface area contributed by atoms with Gasteiger partial charge in [-0.2, -0.15) is 0 Å². The van der Waals surface area contributed by atoms with Crippen LogP contribution in [-0.2, 0) is 6.54 Å². The minimum absolute atomic E-state index is 0.101. The summed E-state index contributed by atoms with van der Waals surface area (Å²) in [6, 6.07) is 4.13. The summed E-state index contributed by atoms with van der Waals surface area (Å²) in [6.45, 7) is 0.469. The van der Waals surface area contributed by atoms with E-state index >= 15 is 0 Å². The number of nitrogens with one attached hydrogen (secondary N) is 2. The number of hydrogen-bond acceptors (Lipinski definition) is 3. The first-order chi connectivity index (χ1) is 10.3. The Balaban J connectivity index is 1.55. The second-order valence-corrected chi connectivity index (χ2v) is 5.40. The van der Waals surface area contributed by atoms with Gasteiger partial charge in [0.2, 0.25) is 0 Å². The second kappa shape index (κ2) is 6.43. The van der Waals surface area contributed by atoms with Crippen molar-refractivity contribution in [2.75, 3.05) is 0 Å². The molecule has 2 heterocycles. The second-order valence-electron chi connectivity index (χ2n) is 5.40. The van der Waals surface area contributed by atoms with Crippen LogP contribution in [0.1, 0.15) is 31.2 Å². The average molecular weight is 285 g/mol. The first-order valence-corrected chi connectivity index (χ1v) is 7.32. The number of carbonyl (C=O) groups is 1. The van der Waals surface area contributed by atoms with Gasteiger partial charge in [-0.15, -0.1) is 0 Å². The highest BCUT2D eigenvalue weighted by molar-refractivity contribution is 5.74. The Morgan fingerprint density at radius 2 is 2.14 bits per heavy atom. The van der Waals surface area contributed by atoms with Gasteiger partial charge in [-0.25, -0.2) is 4.79 Å². The minimum atomic E-state index is -0.101. The van der Waals surface area contributed by atoms with Gasteiger partial charge < -0.3 is 15.1 Å². The first-order valence-electron chi connectivity index (χ1n) is 7.32. The molecule has 0 spiro atoms. The van der Waals surface area contributed by atoms with E-state index in [0.29, 0.717) is 12.6 Å². The average Bonchev–Trinajstić information content (AvgIpc) is 3.19. The van der Waals surface area contributed by atoms with E-state index in [4.69, 9.17) is 4.42 Å². The molecule has 1 aliphatic carbocycles. The third-order valence-electron chi connectivity index (χ3n) is 3.79. The molecule has 0 atom stereocenters. The highest BCUT2D eigenvalue weighted by Gasteiger charge is 2.16. The predicted molar refractivity (Wildman–Crippen MR) is 79.6 cm³/mol. The number of aromatic nitrogens is 1. The number of hydrogen-bond donors (Lipinski definition) is 2. The first kappa shape index (κ1) is 13.7. The zero-order valence-electron chi connectivity index (χ0n) is 11.8. The fraction of sp³-hybridized carbons (Fsp3) is 0.375. The summed E-state index contributed by atoms with van der Waals surface area (Å²) in [6.07, 6.45) is 11.5. The van der Waals surface area contributed by atoms with E-state index in [1.165, 1.54) is 12.8 Å². The number of urea groups is 1. The molecule has 3 rings (SSSR count). The van der Waals surface area contributed by atoms with Crippen molar-refractivity contribution in [1.29, 1.82) is 0 Å². The molecule has 0 aromatic carbocycles. The van der Waals surface area contributed by atoms with Gasteiger partial charge in [-0.3, -0.25) is 4.98 Å². The van der Waals surface area contributed by atoms with Crippen molar-refractivity contribution in [2.24, 2.45) is 0 Å². The maximum Gasteiger partial charge on any atom is 0.315 e. The molecule has 1 fully saturated rings. The third-order valence-corrected chi connectivity index (χ3v) is 3.79. The summed E-state index contributed by atoms with van der Waals surface area (Å²) in [5, 5.41) is 5.89. The molecule has 0 saturated heterocycles. The van der Waals surface area contributed by atoms with Crippen LogP contribution < -0.4 is 10.6 Å². The van der Waals surface area contributed by atoms with E-state index in [1.54, 1.807) is 24.9 Å². The highest BCUT2D eigenvalue weighted by atomic mass is 16.3. The molecule has 2 aromatic rings. The Bertz CT molecular complexity index is 589. The molecular weight excluding hydrogens is 266 g/mol. The summed E-state index contributed by atoms with van der Waals surface area (Å²) >= 11 is 0. The van der Waals surface area contributed by atoms with Crippen LogP contribution in [0.3, 0.4) is 0 Å². The Morgan fingerprint density at radius 3 is 2.90 bits per heavy atom. The molecule has 0 unspecified atom stereocenters. The lowest BCUT2D eigenvalue weighted by molar-refractivity contribution is 0.236. The van der Waals surface area contributed by atoms with E-state index in [0.717, 1.165) is 29.5 Å². The summed E-state index contributed by atoms with van der Waals surface area (Å²) in [7, 11) is 0. The lowest BCUT2D eigenvalue weighted by Crippen LogP contribution is -2.40. The summed E-state index contributed by atoms with van der Waals surface area (Å²) in [5.41, 5.74) is 2.94. The number of pyridine rings is 1. The molecule has 110 valence electrons. The van der Waals surface area contributed by atoms with Crippen molar-refractivity contribution in [1.82, 2.24) is 15.6 Å². The standard InChI is InChI=1S/C16H19N3O2/c20-16(19-15-3-1-2-4-15)18-9-12-7-14(10-17-8-12)13-5-6-21-11-13/h5-8,10-11,15H,1-4,9H2,(H2,18,19,20). The van der Waals surface area contributed by atoms with Crippen LogP contribution in [0.4, 0.5) is 4.79 Å². The normalized spacial score (nSPS) is 15.0. The van der Waals surface area contributed by atoms with Gasteiger partial charge in [0.05, 0.1) is 12.5 Å². The van der Waals surface area contributed by atoms with Gasteiger partial charge >= 0.3 is 6.03 Å². The number of furan rings is 1. The van der Waals surface area contributed by atoms with Crippen molar-refractivity contribution in [3.05, 3.63) is 42.6 Å². The fourth-order valence-corrected chi connectivity index (χ4v) is 2.66. The molecule has 2 N–H and O–H groups in total. The molecular formula is C16H19N3O2. The largest absolute Gasteiger partial charge is 0.472 e. The molecule has 2 amide bonds. The van der Waals surface area contributed by atoms with Crippen LogP contribution in [0.5, 0.6) is 0 Å². The van der Waals surface area contributed by atoms with Crippen LogP contribution >= 0.6 is 0 Å². The van der Waals surface area contributed by atoms with Crippen LogP contribution in [-0.4, -0.2) is 17.1 Å². The zero-order chi connectivity index (χ0) is 14.5. The number of carbonyl (C=O) groups excluding carboxylic acids is 1. The smallest absolute Gasteiger partial charge is 0.315 e. The number of rotatable bonds is 4. The monoisotopic (exact) mass is 285 g/mol. The van der Waals surface area contributed by atoms with E-state index < -0.39 is 0 Å². The van der Waals surface area contributed by atoms with Crippen LogP contribution in [0.25, 0.3) is 11.1 Å². The third kappa shape index (κ3) is 3.62. The summed E-state index contributed by atoms with van der Waals surface area (Å²) in [5.74, 6) is 0. The van der Waals surface area contributed by atoms with E-state index in [1.807, 2.05) is 12.1 Å². The molecule has 1 aliphatic rings. The van der Waals surface area contributed by atoms with Gasteiger partial charge in [-0.05, 0) is 30.5 Å². The Morgan fingerprint density at radius 1 is 1.29 bits per heavy atom. The van der Waals surface area contributed by atoms with E-state index in [-0.39, 0.29) is 6.03 Å². The van der Waals surface area contributed by atoms with Crippen LogP contribution in [0.15, 0.2) is 41.5 Å². The number of nitrogens with zero attached hydrogens (tertiary/aromatic N) is 1. The van der Waals surface area contributed by atoms with Gasteiger partial charge in [0.25, 0.3) is 0 Å². The van der Waals surface area contributed by atoms with Crippen molar-refractivity contribution in [3.8, 4) is 11.1 Å². The SMILES string of the molecule is O=C(NCc1cncc(-c2ccoc2)c1)NC1CCCC1.